The molecule has 3 aromatic heterocycles. The number of nitrogens with one attached hydrogen (secondary N) is 1. The molecule has 0 unspecified atom stereocenters. The van der Waals surface area contributed by atoms with Gasteiger partial charge in [0.2, 0.25) is 0 Å². The normalized spacial score (nSPS) is 11.6. The minimum atomic E-state index is -0.189. The number of hydrogen-bond acceptors (Lipinski definition) is 7. The molecule has 22 heavy (non-hydrogen) atoms. The van der Waals surface area contributed by atoms with Crippen molar-refractivity contribution in [1.29, 1.82) is 0 Å². The summed E-state index contributed by atoms with van der Waals surface area (Å²) >= 11 is 0. The van der Waals surface area contributed by atoms with Gasteiger partial charge in [0.1, 0.15) is 0 Å². The van der Waals surface area contributed by atoms with Crippen molar-refractivity contribution < 1.29 is 0 Å². The Morgan fingerprint density at radius 1 is 1.18 bits per heavy atom. The average molecular weight is 299 g/mol. The van der Waals surface area contributed by atoms with Crippen molar-refractivity contribution in [2.75, 3.05) is 5.32 Å². The van der Waals surface area contributed by atoms with Crippen LogP contribution in [0.3, 0.4) is 0 Å². The Morgan fingerprint density at radius 2 is 2.05 bits per heavy atom. The molecule has 0 bridgehead atoms. The standard InChI is InChI=1S/C13H17N9/c1-13(2,3)22-18-12(17-20-22)9-15-10-8-14-5-4-11(10)21-7-6-16-19-21/h4-8,15H,9H2,1-3H3. The Balaban J connectivity index is 1.76. The van der Waals surface area contributed by atoms with E-state index >= 15 is 0 Å². The fraction of sp³-hybridized carbons (Fsp3) is 0.385. The van der Waals surface area contributed by atoms with Crippen LogP contribution in [0.1, 0.15) is 26.6 Å². The van der Waals surface area contributed by atoms with E-state index < -0.39 is 0 Å². The van der Waals surface area contributed by atoms with Crippen LogP contribution in [-0.2, 0) is 12.1 Å². The fourth-order valence-electron chi connectivity index (χ4n) is 1.83. The molecule has 0 aliphatic carbocycles. The maximum atomic E-state index is 4.37. The summed E-state index contributed by atoms with van der Waals surface area (Å²) in [6.45, 7) is 6.52. The van der Waals surface area contributed by atoms with E-state index in [1.807, 2.05) is 26.8 Å². The molecule has 0 spiro atoms. The van der Waals surface area contributed by atoms with Crippen molar-refractivity contribution in [2.45, 2.75) is 32.9 Å². The first-order chi connectivity index (χ1) is 10.5. The van der Waals surface area contributed by atoms with E-state index in [-0.39, 0.29) is 5.54 Å². The van der Waals surface area contributed by atoms with Gasteiger partial charge in [-0.15, -0.1) is 15.3 Å². The van der Waals surface area contributed by atoms with Crippen LogP contribution < -0.4 is 5.32 Å². The lowest BCUT2D eigenvalue weighted by Gasteiger charge is -2.15. The highest BCUT2D eigenvalue weighted by atomic mass is 15.6. The Labute approximate surface area is 127 Å². The molecule has 0 radical (unpaired) electrons. The molecular formula is C13H17N9. The van der Waals surface area contributed by atoms with Gasteiger partial charge in [0, 0.05) is 6.20 Å². The minimum absolute atomic E-state index is 0.189. The van der Waals surface area contributed by atoms with Gasteiger partial charge < -0.3 is 5.32 Å². The van der Waals surface area contributed by atoms with Crippen LogP contribution in [0, 0.1) is 0 Å². The molecule has 3 aromatic rings. The summed E-state index contributed by atoms with van der Waals surface area (Å²) in [4.78, 5) is 5.73. The molecule has 1 N–H and O–H groups in total. The van der Waals surface area contributed by atoms with Crippen LogP contribution in [0.2, 0.25) is 0 Å². The molecule has 0 aliphatic heterocycles. The zero-order chi connectivity index (χ0) is 15.6. The molecule has 0 amide bonds. The smallest absolute Gasteiger partial charge is 0.193 e. The zero-order valence-corrected chi connectivity index (χ0v) is 12.7. The SMILES string of the molecule is CC(C)(C)n1nnc(CNc2cnccc2-n2ccnn2)n1. The summed E-state index contributed by atoms with van der Waals surface area (Å²) < 4.78 is 1.67. The monoisotopic (exact) mass is 299 g/mol. The Morgan fingerprint density at radius 3 is 2.73 bits per heavy atom. The van der Waals surface area contributed by atoms with Gasteiger partial charge in [-0.2, -0.15) is 4.80 Å². The first-order valence-electron chi connectivity index (χ1n) is 6.88. The summed E-state index contributed by atoms with van der Waals surface area (Å²) in [5.41, 5.74) is 1.49. The van der Waals surface area contributed by atoms with E-state index in [2.05, 4.69) is 36.0 Å². The van der Waals surface area contributed by atoms with Crippen LogP contribution in [-0.4, -0.2) is 40.2 Å². The molecule has 0 aromatic carbocycles. The molecule has 0 aliphatic rings. The number of pyridine rings is 1. The number of rotatable bonds is 4. The predicted molar refractivity (Wildman–Crippen MR) is 79.3 cm³/mol. The summed E-state index contributed by atoms with van der Waals surface area (Å²) in [6.07, 6.45) is 6.83. The molecule has 9 heteroatoms. The second-order valence-electron chi connectivity index (χ2n) is 5.76. The van der Waals surface area contributed by atoms with Gasteiger partial charge >= 0.3 is 0 Å². The van der Waals surface area contributed by atoms with E-state index in [1.165, 1.54) is 0 Å². The molecular weight excluding hydrogens is 282 g/mol. The van der Waals surface area contributed by atoms with Gasteiger partial charge in [-0.1, -0.05) is 5.21 Å². The number of aromatic nitrogens is 8. The molecule has 114 valence electrons. The van der Waals surface area contributed by atoms with Crippen molar-refractivity contribution in [3.63, 3.8) is 0 Å². The number of anilines is 1. The second kappa shape index (κ2) is 5.51. The number of tetrazole rings is 1. The molecule has 3 rings (SSSR count). The molecule has 9 nitrogen and oxygen atoms in total. The van der Waals surface area contributed by atoms with Crippen molar-refractivity contribution in [2.24, 2.45) is 0 Å². The largest absolute Gasteiger partial charge is 0.375 e. The zero-order valence-electron chi connectivity index (χ0n) is 12.7. The van der Waals surface area contributed by atoms with E-state index in [9.17, 15) is 0 Å². The van der Waals surface area contributed by atoms with Crippen molar-refractivity contribution in [3.05, 3.63) is 36.7 Å². The molecule has 0 atom stereocenters. The topological polar surface area (TPSA) is 99.2 Å². The maximum Gasteiger partial charge on any atom is 0.193 e. The highest BCUT2D eigenvalue weighted by molar-refractivity contribution is 5.58. The Hall–Kier alpha value is -2.84. The average Bonchev–Trinajstić information content (AvgIpc) is 3.16. The Bertz CT molecular complexity index is 739. The number of nitrogens with zero attached hydrogens (tertiary/aromatic N) is 8. The molecule has 0 saturated carbocycles. The highest BCUT2D eigenvalue weighted by Gasteiger charge is 2.17. The maximum absolute atomic E-state index is 4.37. The lowest BCUT2D eigenvalue weighted by Crippen LogP contribution is -2.24. The van der Waals surface area contributed by atoms with Gasteiger partial charge in [0.05, 0.1) is 42.0 Å². The van der Waals surface area contributed by atoms with E-state index in [1.54, 1.807) is 34.3 Å². The third-order valence-corrected chi connectivity index (χ3v) is 2.96. The lowest BCUT2D eigenvalue weighted by atomic mass is 10.1. The predicted octanol–water partition coefficient (Wildman–Crippen LogP) is 1.02. The lowest BCUT2D eigenvalue weighted by molar-refractivity contribution is 0.305. The fourth-order valence-corrected chi connectivity index (χ4v) is 1.83. The third kappa shape index (κ3) is 2.92. The van der Waals surface area contributed by atoms with Gasteiger partial charge in [0.15, 0.2) is 5.82 Å². The summed E-state index contributed by atoms with van der Waals surface area (Å²) in [5, 5.41) is 23.5. The third-order valence-electron chi connectivity index (χ3n) is 2.96. The molecule has 0 saturated heterocycles. The van der Waals surface area contributed by atoms with Crippen LogP contribution in [0.4, 0.5) is 5.69 Å². The summed E-state index contributed by atoms with van der Waals surface area (Å²) in [5.74, 6) is 0.614. The van der Waals surface area contributed by atoms with Crippen LogP contribution in [0.25, 0.3) is 5.69 Å². The van der Waals surface area contributed by atoms with E-state index in [0.717, 1.165) is 11.4 Å². The summed E-state index contributed by atoms with van der Waals surface area (Å²) in [7, 11) is 0. The van der Waals surface area contributed by atoms with Crippen LogP contribution in [0.5, 0.6) is 0 Å². The van der Waals surface area contributed by atoms with Gasteiger partial charge in [-0.05, 0) is 32.1 Å². The van der Waals surface area contributed by atoms with Gasteiger partial charge in [-0.25, -0.2) is 4.68 Å². The second-order valence-corrected chi connectivity index (χ2v) is 5.76. The highest BCUT2D eigenvalue weighted by Crippen LogP contribution is 2.17. The van der Waals surface area contributed by atoms with E-state index in [0.29, 0.717) is 12.4 Å². The van der Waals surface area contributed by atoms with Crippen LogP contribution in [0.15, 0.2) is 30.9 Å². The quantitative estimate of drug-likeness (QED) is 0.767. The first kappa shape index (κ1) is 14.1. The van der Waals surface area contributed by atoms with Crippen molar-refractivity contribution in [1.82, 2.24) is 40.2 Å². The molecule has 3 heterocycles. The minimum Gasteiger partial charge on any atom is -0.375 e. The van der Waals surface area contributed by atoms with Gasteiger partial charge in [0.25, 0.3) is 0 Å². The van der Waals surface area contributed by atoms with Crippen molar-refractivity contribution >= 4 is 5.69 Å². The molecule has 0 fully saturated rings. The van der Waals surface area contributed by atoms with Gasteiger partial charge in [-0.3, -0.25) is 4.98 Å². The number of hydrogen-bond donors (Lipinski definition) is 1. The summed E-state index contributed by atoms with van der Waals surface area (Å²) in [6, 6.07) is 1.86. The van der Waals surface area contributed by atoms with E-state index in [4.69, 9.17) is 0 Å². The van der Waals surface area contributed by atoms with Crippen molar-refractivity contribution in [3.8, 4) is 5.69 Å². The Kier molecular flexibility index (Phi) is 3.53. The van der Waals surface area contributed by atoms with Crippen LogP contribution >= 0.6 is 0 Å². The first-order valence-corrected chi connectivity index (χ1v) is 6.88.